The highest BCUT2D eigenvalue weighted by Gasteiger charge is 1.91. The summed E-state index contributed by atoms with van der Waals surface area (Å²) in [5.41, 5.74) is 6.78. The number of hydrogen-bond donors (Lipinski definition) is 1. The van der Waals surface area contributed by atoms with Crippen LogP contribution in [-0.2, 0) is 4.79 Å². The first kappa shape index (κ1) is 7.47. The Morgan fingerprint density at radius 3 is 2.64 bits per heavy atom. The molecular formula is C8H8N2O. The molecule has 0 amide bonds. The van der Waals surface area contributed by atoms with E-state index in [0.717, 1.165) is 5.56 Å². The average molecular weight is 148 g/mol. The number of aldehydes is 1. The van der Waals surface area contributed by atoms with E-state index in [9.17, 15) is 4.79 Å². The van der Waals surface area contributed by atoms with Gasteiger partial charge < -0.3 is 5.73 Å². The molecule has 0 unspecified atom stereocenters. The molecule has 0 saturated heterocycles. The second kappa shape index (κ2) is 3.51. The summed E-state index contributed by atoms with van der Waals surface area (Å²) in [6, 6.07) is 3.49. The Balaban J connectivity index is 2.94. The third kappa shape index (κ3) is 1.89. The molecule has 0 bridgehead atoms. The molecule has 0 saturated carbocycles. The van der Waals surface area contributed by atoms with Gasteiger partial charge in [-0.3, -0.25) is 9.78 Å². The van der Waals surface area contributed by atoms with Crippen molar-refractivity contribution in [3.05, 3.63) is 36.2 Å². The zero-order valence-electron chi connectivity index (χ0n) is 5.90. The van der Waals surface area contributed by atoms with Crippen molar-refractivity contribution >= 4 is 12.0 Å². The lowest BCUT2D eigenvalue weighted by Crippen LogP contribution is -1.95. The first-order valence-corrected chi connectivity index (χ1v) is 3.16. The Morgan fingerprint density at radius 1 is 1.45 bits per heavy atom. The maximum Gasteiger partial charge on any atom is 0.144 e. The number of rotatable bonds is 2. The Kier molecular flexibility index (Phi) is 2.38. The van der Waals surface area contributed by atoms with Crippen LogP contribution in [0.4, 0.5) is 0 Å². The molecule has 2 N–H and O–H groups in total. The maximum absolute atomic E-state index is 10.0. The molecule has 3 heteroatoms. The molecule has 0 atom stereocenters. The van der Waals surface area contributed by atoms with Gasteiger partial charge >= 0.3 is 0 Å². The van der Waals surface area contributed by atoms with Crippen LogP contribution in [0.3, 0.4) is 0 Å². The van der Waals surface area contributed by atoms with E-state index in [0.29, 0.717) is 12.0 Å². The first-order chi connectivity index (χ1) is 5.34. The normalized spacial score (nSPS) is 11.1. The summed E-state index contributed by atoms with van der Waals surface area (Å²) < 4.78 is 0. The zero-order valence-corrected chi connectivity index (χ0v) is 5.90. The van der Waals surface area contributed by atoms with E-state index in [1.165, 1.54) is 6.08 Å². The molecule has 3 nitrogen and oxygen atoms in total. The smallest absolute Gasteiger partial charge is 0.144 e. The van der Waals surface area contributed by atoms with Crippen LogP contribution < -0.4 is 5.73 Å². The van der Waals surface area contributed by atoms with Crippen LogP contribution in [0.1, 0.15) is 5.56 Å². The lowest BCUT2D eigenvalue weighted by molar-refractivity contribution is -0.104. The summed E-state index contributed by atoms with van der Waals surface area (Å²) in [5.74, 6) is 0. The highest BCUT2D eigenvalue weighted by atomic mass is 16.1. The highest BCUT2D eigenvalue weighted by molar-refractivity contribution is 5.79. The molecule has 1 rings (SSSR count). The third-order valence-electron chi connectivity index (χ3n) is 1.26. The summed E-state index contributed by atoms with van der Waals surface area (Å²) in [5, 5.41) is 0. The van der Waals surface area contributed by atoms with E-state index in [1.807, 2.05) is 0 Å². The van der Waals surface area contributed by atoms with E-state index in [4.69, 9.17) is 5.73 Å². The van der Waals surface area contributed by atoms with Crippen molar-refractivity contribution in [2.45, 2.75) is 0 Å². The molecule has 56 valence electrons. The highest BCUT2D eigenvalue weighted by Crippen LogP contribution is 2.04. The van der Waals surface area contributed by atoms with Crippen LogP contribution >= 0.6 is 0 Å². The van der Waals surface area contributed by atoms with Crippen LogP contribution in [0.15, 0.2) is 30.6 Å². The summed E-state index contributed by atoms with van der Waals surface area (Å²) in [7, 11) is 0. The number of nitrogens with two attached hydrogens (primary N) is 1. The van der Waals surface area contributed by atoms with Crippen LogP contribution in [0, 0.1) is 0 Å². The van der Waals surface area contributed by atoms with E-state index in [-0.39, 0.29) is 0 Å². The fourth-order valence-corrected chi connectivity index (χ4v) is 0.714. The first-order valence-electron chi connectivity index (χ1n) is 3.16. The molecule has 0 aliphatic rings. The van der Waals surface area contributed by atoms with E-state index >= 15 is 0 Å². The molecule has 0 radical (unpaired) electrons. The van der Waals surface area contributed by atoms with E-state index < -0.39 is 0 Å². The Hall–Kier alpha value is -1.64. The largest absolute Gasteiger partial charge is 0.398 e. The molecule has 0 fully saturated rings. The summed E-state index contributed by atoms with van der Waals surface area (Å²) >= 11 is 0. The van der Waals surface area contributed by atoms with Gasteiger partial charge in [-0.05, 0) is 12.1 Å². The van der Waals surface area contributed by atoms with Crippen LogP contribution in [0.2, 0.25) is 0 Å². The van der Waals surface area contributed by atoms with Gasteiger partial charge in [-0.2, -0.15) is 0 Å². The lowest BCUT2D eigenvalue weighted by atomic mass is 10.2. The van der Waals surface area contributed by atoms with Gasteiger partial charge in [-0.1, -0.05) is 0 Å². The van der Waals surface area contributed by atoms with Gasteiger partial charge in [-0.15, -0.1) is 0 Å². The van der Waals surface area contributed by atoms with Gasteiger partial charge in [-0.25, -0.2) is 0 Å². The number of pyridine rings is 1. The molecule has 0 aliphatic heterocycles. The minimum Gasteiger partial charge on any atom is -0.398 e. The molecule has 1 aromatic heterocycles. The van der Waals surface area contributed by atoms with Crippen molar-refractivity contribution in [3.8, 4) is 0 Å². The number of allylic oxidation sites excluding steroid dienone is 1. The van der Waals surface area contributed by atoms with Crippen LogP contribution in [-0.4, -0.2) is 11.3 Å². The second-order valence-electron chi connectivity index (χ2n) is 1.99. The average Bonchev–Trinajstić information content (AvgIpc) is 2.07. The number of carbonyl (C=O) groups is 1. The Labute approximate surface area is 64.6 Å². The Morgan fingerprint density at radius 2 is 2.09 bits per heavy atom. The lowest BCUT2D eigenvalue weighted by Gasteiger charge is -1.96. The van der Waals surface area contributed by atoms with Crippen molar-refractivity contribution in [1.82, 2.24) is 4.98 Å². The summed E-state index contributed by atoms with van der Waals surface area (Å²) in [6.07, 6.45) is 5.23. The van der Waals surface area contributed by atoms with Crippen molar-refractivity contribution < 1.29 is 4.79 Å². The standard InChI is InChI=1S/C8H8N2O/c9-8(3-6-11)7-1-4-10-5-2-7/h1-6H,9H2/b8-3-. The van der Waals surface area contributed by atoms with Gasteiger partial charge in [0, 0.05) is 29.7 Å². The van der Waals surface area contributed by atoms with E-state index in [2.05, 4.69) is 4.98 Å². The molecule has 1 aromatic rings. The van der Waals surface area contributed by atoms with Gasteiger partial charge in [0.25, 0.3) is 0 Å². The molecule has 0 aliphatic carbocycles. The monoisotopic (exact) mass is 148 g/mol. The van der Waals surface area contributed by atoms with Gasteiger partial charge in [0.15, 0.2) is 0 Å². The zero-order chi connectivity index (χ0) is 8.10. The molecule has 1 heterocycles. The second-order valence-corrected chi connectivity index (χ2v) is 1.99. The summed E-state index contributed by atoms with van der Waals surface area (Å²) in [4.78, 5) is 13.8. The van der Waals surface area contributed by atoms with Crippen LogP contribution in [0.5, 0.6) is 0 Å². The van der Waals surface area contributed by atoms with Crippen molar-refractivity contribution in [2.75, 3.05) is 0 Å². The predicted octanol–water partition coefficient (Wildman–Crippen LogP) is 0.580. The predicted molar refractivity (Wildman–Crippen MR) is 42.5 cm³/mol. The van der Waals surface area contributed by atoms with Gasteiger partial charge in [0.2, 0.25) is 0 Å². The van der Waals surface area contributed by atoms with Crippen LogP contribution in [0.25, 0.3) is 5.70 Å². The summed E-state index contributed by atoms with van der Waals surface area (Å²) in [6.45, 7) is 0. The Bertz CT molecular complexity index is 267. The minimum atomic E-state index is 0.461. The van der Waals surface area contributed by atoms with Gasteiger partial charge in [0.1, 0.15) is 6.29 Å². The van der Waals surface area contributed by atoms with Crippen molar-refractivity contribution in [1.29, 1.82) is 0 Å². The molecule has 0 spiro atoms. The third-order valence-corrected chi connectivity index (χ3v) is 1.26. The number of carbonyl (C=O) groups excluding carboxylic acids is 1. The molecule has 0 aromatic carbocycles. The SMILES string of the molecule is N/C(=C\C=O)c1ccncc1. The topological polar surface area (TPSA) is 56.0 Å². The fourth-order valence-electron chi connectivity index (χ4n) is 0.714. The number of nitrogens with zero attached hydrogens (tertiary/aromatic N) is 1. The van der Waals surface area contributed by atoms with Crippen molar-refractivity contribution in [2.24, 2.45) is 5.73 Å². The maximum atomic E-state index is 10.0. The number of aromatic nitrogens is 1. The van der Waals surface area contributed by atoms with Gasteiger partial charge in [0.05, 0.1) is 0 Å². The molecule has 11 heavy (non-hydrogen) atoms. The number of hydrogen-bond acceptors (Lipinski definition) is 3. The quantitative estimate of drug-likeness (QED) is 0.493. The minimum absolute atomic E-state index is 0.461. The van der Waals surface area contributed by atoms with E-state index in [1.54, 1.807) is 24.5 Å². The van der Waals surface area contributed by atoms with Crippen molar-refractivity contribution in [3.63, 3.8) is 0 Å². The fraction of sp³-hybridized carbons (Fsp3) is 0. The molecular weight excluding hydrogens is 140 g/mol.